The van der Waals surface area contributed by atoms with E-state index in [1.807, 2.05) is 27.7 Å². The van der Waals surface area contributed by atoms with Crippen molar-refractivity contribution in [3.05, 3.63) is 40.2 Å². The fraction of sp³-hybridized carbons (Fsp3) is 0.417. The zero-order valence-corrected chi connectivity index (χ0v) is 10.5. The topological polar surface area (TPSA) is 63.6 Å². The molecule has 0 atom stereocenters. The average Bonchev–Trinajstić information content (AvgIpc) is 2.60. The summed E-state index contributed by atoms with van der Waals surface area (Å²) in [4.78, 5) is 20.0. The van der Waals surface area contributed by atoms with Crippen LogP contribution in [0.2, 0.25) is 0 Å². The second-order valence-corrected chi connectivity index (χ2v) is 5.11. The molecule has 0 spiro atoms. The first kappa shape index (κ1) is 11.6. The van der Waals surface area contributed by atoms with Gasteiger partial charge in [0.2, 0.25) is 0 Å². The molecule has 0 aromatic carbocycles. The van der Waals surface area contributed by atoms with Gasteiger partial charge in [-0.15, -0.1) is 0 Å². The van der Waals surface area contributed by atoms with Gasteiger partial charge in [0.15, 0.2) is 5.82 Å². The zero-order valence-electron chi connectivity index (χ0n) is 10.5. The molecule has 0 radical (unpaired) electrons. The SMILES string of the molecule is Cc1cc(-n2[nH]c(C(C)(C)C)cc2=O)ncn1. The van der Waals surface area contributed by atoms with E-state index in [1.165, 1.54) is 11.0 Å². The number of rotatable bonds is 1. The van der Waals surface area contributed by atoms with Gasteiger partial charge in [-0.05, 0) is 6.92 Å². The monoisotopic (exact) mass is 232 g/mol. The maximum Gasteiger partial charge on any atom is 0.272 e. The lowest BCUT2D eigenvalue weighted by Gasteiger charge is -2.15. The van der Waals surface area contributed by atoms with Crippen LogP contribution >= 0.6 is 0 Å². The van der Waals surface area contributed by atoms with Gasteiger partial charge in [0.1, 0.15) is 6.33 Å². The summed E-state index contributed by atoms with van der Waals surface area (Å²) < 4.78 is 1.44. The summed E-state index contributed by atoms with van der Waals surface area (Å²) in [5.74, 6) is 0.568. The molecule has 2 aromatic rings. The van der Waals surface area contributed by atoms with E-state index in [1.54, 1.807) is 12.1 Å². The molecule has 0 aliphatic rings. The van der Waals surface area contributed by atoms with E-state index in [2.05, 4.69) is 15.1 Å². The molecule has 0 aliphatic carbocycles. The first-order valence-corrected chi connectivity index (χ1v) is 5.49. The molecule has 2 heterocycles. The van der Waals surface area contributed by atoms with Crippen LogP contribution in [0.4, 0.5) is 0 Å². The molecule has 2 aromatic heterocycles. The molecule has 0 fully saturated rings. The highest BCUT2D eigenvalue weighted by molar-refractivity contribution is 5.24. The maximum atomic E-state index is 11.9. The molecule has 90 valence electrons. The van der Waals surface area contributed by atoms with E-state index in [4.69, 9.17) is 0 Å². The number of hydrogen-bond donors (Lipinski definition) is 1. The van der Waals surface area contributed by atoms with Crippen LogP contribution in [0.15, 0.2) is 23.3 Å². The van der Waals surface area contributed by atoms with Crippen molar-refractivity contribution >= 4 is 0 Å². The first-order chi connectivity index (χ1) is 7.88. The van der Waals surface area contributed by atoms with Crippen molar-refractivity contribution in [2.75, 3.05) is 0 Å². The molecule has 0 bridgehead atoms. The third-order valence-corrected chi connectivity index (χ3v) is 2.55. The average molecular weight is 232 g/mol. The molecular formula is C12H16N4O. The van der Waals surface area contributed by atoms with E-state index >= 15 is 0 Å². The Morgan fingerprint density at radius 2 is 1.94 bits per heavy atom. The molecule has 5 heteroatoms. The van der Waals surface area contributed by atoms with Gasteiger partial charge in [-0.1, -0.05) is 20.8 Å². The Kier molecular flexibility index (Phi) is 2.61. The maximum absolute atomic E-state index is 11.9. The molecule has 0 unspecified atom stereocenters. The molecule has 0 aliphatic heterocycles. The van der Waals surface area contributed by atoms with Crippen LogP contribution in [-0.4, -0.2) is 19.7 Å². The van der Waals surface area contributed by atoms with Crippen LogP contribution in [0, 0.1) is 6.92 Å². The summed E-state index contributed by atoms with van der Waals surface area (Å²) in [5, 5.41) is 3.08. The van der Waals surface area contributed by atoms with Crippen LogP contribution in [0.25, 0.3) is 5.82 Å². The molecular weight excluding hydrogens is 216 g/mol. The molecule has 2 rings (SSSR count). The van der Waals surface area contributed by atoms with Gasteiger partial charge < -0.3 is 0 Å². The van der Waals surface area contributed by atoms with Crippen molar-refractivity contribution in [2.24, 2.45) is 0 Å². The lowest BCUT2D eigenvalue weighted by molar-refractivity contribution is 0.559. The zero-order chi connectivity index (χ0) is 12.6. The van der Waals surface area contributed by atoms with Crippen molar-refractivity contribution in [3.63, 3.8) is 0 Å². The predicted molar refractivity (Wildman–Crippen MR) is 65.4 cm³/mol. The van der Waals surface area contributed by atoms with Gasteiger partial charge in [0.05, 0.1) is 0 Å². The van der Waals surface area contributed by atoms with Gasteiger partial charge in [-0.25, -0.2) is 14.6 Å². The Hall–Kier alpha value is -1.91. The smallest absolute Gasteiger partial charge is 0.272 e. The second kappa shape index (κ2) is 3.84. The second-order valence-electron chi connectivity index (χ2n) is 5.11. The number of H-pyrrole nitrogens is 1. The normalized spacial score (nSPS) is 11.8. The Balaban J connectivity index is 2.54. The fourth-order valence-electron chi connectivity index (χ4n) is 1.51. The molecule has 0 saturated carbocycles. The number of aromatic amines is 1. The van der Waals surface area contributed by atoms with Gasteiger partial charge >= 0.3 is 0 Å². The standard InChI is InChI=1S/C12H16N4O/c1-8-5-10(14-7-13-8)16-11(17)6-9(15-16)12(2,3)4/h5-7,15H,1-4H3. The Bertz CT molecular complexity index is 589. The summed E-state index contributed by atoms with van der Waals surface area (Å²) in [7, 11) is 0. The van der Waals surface area contributed by atoms with Crippen molar-refractivity contribution in [3.8, 4) is 5.82 Å². The third kappa shape index (κ3) is 2.27. The molecule has 1 N–H and O–H groups in total. The predicted octanol–water partition coefficient (Wildman–Crippen LogP) is 1.56. The minimum atomic E-state index is -0.104. The van der Waals surface area contributed by atoms with E-state index in [0.717, 1.165) is 11.4 Å². The van der Waals surface area contributed by atoms with Crippen LogP contribution in [0.5, 0.6) is 0 Å². The Labute approximate surface area is 99.5 Å². The van der Waals surface area contributed by atoms with Crippen molar-refractivity contribution < 1.29 is 0 Å². The number of aromatic nitrogens is 4. The van der Waals surface area contributed by atoms with Crippen LogP contribution in [-0.2, 0) is 5.41 Å². The van der Waals surface area contributed by atoms with Crippen LogP contribution < -0.4 is 5.56 Å². The van der Waals surface area contributed by atoms with E-state index in [9.17, 15) is 4.79 Å². The lowest BCUT2D eigenvalue weighted by Crippen LogP contribution is -2.15. The van der Waals surface area contributed by atoms with E-state index < -0.39 is 0 Å². The van der Waals surface area contributed by atoms with Crippen LogP contribution in [0.1, 0.15) is 32.2 Å². The van der Waals surface area contributed by atoms with Gasteiger partial charge in [-0.3, -0.25) is 9.89 Å². The number of aryl methyl sites for hydroxylation is 1. The van der Waals surface area contributed by atoms with Crippen molar-refractivity contribution in [1.29, 1.82) is 0 Å². The lowest BCUT2D eigenvalue weighted by atomic mass is 9.93. The quantitative estimate of drug-likeness (QED) is 0.811. The van der Waals surface area contributed by atoms with E-state index in [0.29, 0.717) is 5.82 Å². The van der Waals surface area contributed by atoms with Gasteiger partial charge in [-0.2, -0.15) is 0 Å². The molecule has 5 nitrogen and oxygen atoms in total. The summed E-state index contributed by atoms with van der Waals surface area (Å²) in [6.07, 6.45) is 1.45. The van der Waals surface area contributed by atoms with Crippen LogP contribution in [0.3, 0.4) is 0 Å². The largest absolute Gasteiger partial charge is 0.293 e. The van der Waals surface area contributed by atoms with Crippen molar-refractivity contribution in [2.45, 2.75) is 33.1 Å². The van der Waals surface area contributed by atoms with Gasteiger partial charge in [0, 0.05) is 28.9 Å². The third-order valence-electron chi connectivity index (χ3n) is 2.55. The Morgan fingerprint density at radius 1 is 1.24 bits per heavy atom. The Morgan fingerprint density at radius 3 is 2.47 bits per heavy atom. The van der Waals surface area contributed by atoms with Crippen molar-refractivity contribution in [1.82, 2.24) is 19.7 Å². The van der Waals surface area contributed by atoms with E-state index in [-0.39, 0.29) is 11.0 Å². The minimum Gasteiger partial charge on any atom is -0.293 e. The number of hydrogen-bond acceptors (Lipinski definition) is 3. The molecule has 0 saturated heterocycles. The highest BCUT2D eigenvalue weighted by Crippen LogP contribution is 2.18. The summed E-state index contributed by atoms with van der Waals surface area (Å²) in [6, 6.07) is 3.38. The fourth-order valence-corrected chi connectivity index (χ4v) is 1.51. The summed E-state index contributed by atoms with van der Waals surface area (Å²) in [6.45, 7) is 8.01. The number of nitrogens with zero attached hydrogens (tertiary/aromatic N) is 3. The number of nitrogens with one attached hydrogen (secondary N) is 1. The highest BCUT2D eigenvalue weighted by atomic mass is 16.1. The summed E-state index contributed by atoms with van der Waals surface area (Å²) >= 11 is 0. The molecule has 0 amide bonds. The summed E-state index contributed by atoms with van der Waals surface area (Å²) in [5.41, 5.74) is 1.52. The molecule has 17 heavy (non-hydrogen) atoms. The highest BCUT2D eigenvalue weighted by Gasteiger charge is 2.18. The van der Waals surface area contributed by atoms with Gasteiger partial charge in [0.25, 0.3) is 5.56 Å². The minimum absolute atomic E-state index is 0.0908. The first-order valence-electron chi connectivity index (χ1n) is 5.49.